The number of amides is 1. The predicted octanol–water partition coefficient (Wildman–Crippen LogP) is 1.72. The first kappa shape index (κ1) is 10.5. The van der Waals surface area contributed by atoms with Crippen LogP contribution in [0.2, 0.25) is 0 Å². The Labute approximate surface area is 101 Å². The van der Waals surface area contributed by atoms with Gasteiger partial charge in [0.2, 0.25) is 0 Å². The monoisotopic (exact) mass is 245 g/mol. The Morgan fingerprint density at radius 3 is 2.94 bits per heavy atom. The third kappa shape index (κ3) is 1.18. The van der Waals surface area contributed by atoms with Crippen molar-refractivity contribution in [1.82, 2.24) is 4.98 Å². The quantitative estimate of drug-likeness (QED) is 0.642. The fourth-order valence-corrected chi connectivity index (χ4v) is 2.09. The van der Waals surface area contributed by atoms with Gasteiger partial charge in [0.05, 0.1) is 29.4 Å². The Morgan fingerprint density at radius 2 is 2.28 bits per heavy atom. The summed E-state index contributed by atoms with van der Waals surface area (Å²) in [7, 11) is 1.39. The minimum atomic E-state index is -0.540. The first-order valence-electron chi connectivity index (χ1n) is 5.09. The predicted molar refractivity (Wildman–Crippen MR) is 62.9 cm³/mol. The SMILES string of the molecule is COc1cc([N+](=O)[O-])c2nccc3c2c1NC3=O. The molecule has 7 heteroatoms. The van der Waals surface area contributed by atoms with Crippen molar-refractivity contribution in [3.8, 4) is 5.75 Å². The number of nitrogens with one attached hydrogen (secondary N) is 1. The van der Waals surface area contributed by atoms with Gasteiger partial charge in [0.25, 0.3) is 11.6 Å². The Balaban J connectivity index is 2.51. The van der Waals surface area contributed by atoms with Crippen LogP contribution in [0, 0.1) is 10.1 Å². The van der Waals surface area contributed by atoms with Crippen molar-refractivity contribution in [3.05, 3.63) is 34.0 Å². The van der Waals surface area contributed by atoms with E-state index in [0.717, 1.165) is 0 Å². The number of nitro groups is 1. The molecule has 2 heterocycles. The molecule has 1 aliphatic rings. The summed E-state index contributed by atoms with van der Waals surface area (Å²) in [6, 6.07) is 2.79. The molecule has 1 aliphatic heterocycles. The lowest BCUT2D eigenvalue weighted by atomic mass is 10.1. The van der Waals surface area contributed by atoms with E-state index in [1.807, 2.05) is 0 Å². The number of hydrogen-bond donors (Lipinski definition) is 1. The molecule has 0 saturated carbocycles. The fraction of sp³-hybridized carbons (Fsp3) is 0.0909. The fourth-order valence-electron chi connectivity index (χ4n) is 2.09. The molecule has 0 aliphatic carbocycles. The largest absolute Gasteiger partial charge is 0.494 e. The summed E-state index contributed by atoms with van der Waals surface area (Å²) in [4.78, 5) is 26.2. The molecule has 90 valence electrons. The van der Waals surface area contributed by atoms with E-state index in [2.05, 4.69) is 10.3 Å². The van der Waals surface area contributed by atoms with E-state index in [1.165, 1.54) is 25.4 Å². The van der Waals surface area contributed by atoms with Crippen LogP contribution in [0.1, 0.15) is 10.4 Å². The average Bonchev–Trinajstić information content (AvgIpc) is 2.69. The van der Waals surface area contributed by atoms with E-state index in [-0.39, 0.29) is 22.9 Å². The second-order valence-corrected chi connectivity index (χ2v) is 3.77. The summed E-state index contributed by atoms with van der Waals surface area (Å²) in [5, 5.41) is 14.1. The van der Waals surface area contributed by atoms with Gasteiger partial charge in [-0.2, -0.15) is 0 Å². The lowest BCUT2D eigenvalue weighted by Gasteiger charge is -2.06. The summed E-state index contributed by atoms with van der Waals surface area (Å²) in [5.74, 6) is -0.0505. The Kier molecular flexibility index (Phi) is 1.97. The molecule has 0 bridgehead atoms. The second-order valence-electron chi connectivity index (χ2n) is 3.77. The Morgan fingerprint density at radius 1 is 1.50 bits per heavy atom. The first-order chi connectivity index (χ1) is 8.63. The molecule has 0 spiro atoms. The van der Waals surface area contributed by atoms with Crippen LogP contribution in [0.4, 0.5) is 11.4 Å². The molecule has 2 aromatic rings. The number of nitrogens with zero attached hydrogens (tertiary/aromatic N) is 2. The van der Waals surface area contributed by atoms with Crippen LogP contribution in [-0.2, 0) is 0 Å². The second kappa shape index (κ2) is 3.39. The van der Waals surface area contributed by atoms with Gasteiger partial charge in [0.15, 0.2) is 5.52 Å². The molecule has 0 atom stereocenters. The average molecular weight is 245 g/mol. The molecule has 18 heavy (non-hydrogen) atoms. The van der Waals surface area contributed by atoms with Crippen LogP contribution in [0.3, 0.4) is 0 Å². The van der Waals surface area contributed by atoms with E-state index in [9.17, 15) is 14.9 Å². The van der Waals surface area contributed by atoms with Gasteiger partial charge in [-0.3, -0.25) is 14.9 Å². The molecule has 0 fully saturated rings. The topological polar surface area (TPSA) is 94.4 Å². The molecule has 3 rings (SSSR count). The summed E-state index contributed by atoms with van der Waals surface area (Å²) < 4.78 is 5.07. The van der Waals surface area contributed by atoms with Crippen molar-refractivity contribution in [2.24, 2.45) is 0 Å². The van der Waals surface area contributed by atoms with Gasteiger partial charge in [0.1, 0.15) is 5.75 Å². The van der Waals surface area contributed by atoms with Crippen LogP contribution < -0.4 is 10.1 Å². The minimum absolute atomic E-state index is 0.177. The molecule has 1 N–H and O–H groups in total. The standard InChI is InChI=1S/C11H7N3O4/c1-18-7-4-6(14(16)17)9-8-5(2-3-12-9)11(15)13-10(7)8/h2-4H,1H3,(H,13,15). The number of non-ortho nitro benzene ring substituents is 1. The number of ether oxygens (including phenoxy) is 1. The molecule has 0 unspecified atom stereocenters. The molecular formula is C11H7N3O4. The van der Waals surface area contributed by atoms with Gasteiger partial charge < -0.3 is 10.1 Å². The number of methoxy groups -OCH3 is 1. The van der Waals surface area contributed by atoms with Crippen LogP contribution >= 0.6 is 0 Å². The third-order valence-electron chi connectivity index (χ3n) is 2.86. The van der Waals surface area contributed by atoms with Crippen LogP contribution in [0.5, 0.6) is 5.75 Å². The molecular weight excluding hydrogens is 238 g/mol. The number of carbonyl (C=O) groups excluding carboxylic acids is 1. The van der Waals surface area contributed by atoms with Crippen molar-refractivity contribution in [3.63, 3.8) is 0 Å². The number of pyridine rings is 1. The highest BCUT2D eigenvalue weighted by Crippen LogP contribution is 2.43. The van der Waals surface area contributed by atoms with E-state index in [4.69, 9.17) is 4.74 Å². The van der Waals surface area contributed by atoms with E-state index in [0.29, 0.717) is 16.6 Å². The highest BCUT2D eigenvalue weighted by molar-refractivity contribution is 6.25. The number of nitro benzene ring substituents is 1. The summed E-state index contributed by atoms with van der Waals surface area (Å²) >= 11 is 0. The number of carbonyl (C=O) groups is 1. The summed E-state index contributed by atoms with van der Waals surface area (Å²) in [6.07, 6.45) is 1.38. The number of hydrogen-bond acceptors (Lipinski definition) is 5. The van der Waals surface area contributed by atoms with Gasteiger partial charge in [0, 0.05) is 11.6 Å². The summed E-state index contributed by atoms with van der Waals surface area (Å²) in [5.41, 5.74) is 0.818. The Hall–Kier alpha value is -2.70. The molecule has 1 aromatic carbocycles. The minimum Gasteiger partial charge on any atom is -0.494 e. The van der Waals surface area contributed by atoms with Crippen LogP contribution in [-0.4, -0.2) is 22.9 Å². The number of rotatable bonds is 2. The van der Waals surface area contributed by atoms with Crippen molar-refractivity contribution in [1.29, 1.82) is 0 Å². The highest BCUT2D eigenvalue weighted by atomic mass is 16.6. The van der Waals surface area contributed by atoms with Crippen molar-refractivity contribution < 1.29 is 14.5 Å². The molecule has 0 radical (unpaired) electrons. The number of benzene rings is 1. The zero-order chi connectivity index (χ0) is 12.9. The van der Waals surface area contributed by atoms with Gasteiger partial charge in [-0.1, -0.05) is 0 Å². The maximum absolute atomic E-state index is 11.7. The third-order valence-corrected chi connectivity index (χ3v) is 2.86. The zero-order valence-corrected chi connectivity index (χ0v) is 9.26. The molecule has 1 amide bonds. The molecule has 0 saturated heterocycles. The maximum atomic E-state index is 11.7. The molecule has 7 nitrogen and oxygen atoms in total. The normalized spacial score (nSPS) is 12.6. The van der Waals surface area contributed by atoms with E-state index in [1.54, 1.807) is 0 Å². The summed E-state index contributed by atoms with van der Waals surface area (Å²) in [6.45, 7) is 0. The van der Waals surface area contributed by atoms with Crippen LogP contribution in [0.25, 0.3) is 10.9 Å². The van der Waals surface area contributed by atoms with Crippen molar-refractivity contribution >= 4 is 28.2 Å². The van der Waals surface area contributed by atoms with Crippen molar-refractivity contribution in [2.45, 2.75) is 0 Å². The highest BCUT2D eigenvalue weighted by Gasteiger charge is 2.30. The number of aromatic nitrogens is 1. The van der Waals surface area contributed by atoms with Crippen molar-refractivity contribution in [2.75, 3.05) is 12.4 Å². The van der Waals surface area contributed by atoms with Crippen LogP contribution in [0.15, 0.2) is 18.3 Å². The first-order valence-corrected chi connectivity index (χ1v) is 5.09. The van der Waals surface area contributed by atoms with E-state index < -0.39 is 4.92 Å². The van der Waals surface area contributed by atoms with Gasteiger partial charge in [-0.05, 0) is 6.07 Å². The Bertz CT molecular complexity index is 711. The van der Waals surface area contributed by atoms with E-state index >= 15 is 0 Å². The zero-order valence-electron chi connectivity index (χ0n) is 9.26. The molecule has 1 aromatic heterocycles. The lowest BCUT2D eigenvalue weighted by Crippen LogP contribution is -2.04. The smallest absolute Gasteiger partial charge is 0.299 e. The van der Waals surface area contributed by atoms with Gasteiger partial charge in [-0.15, -0.1) is 0 Å². The number of anilines is 1. The van der Waals surface area contributed by atoms with Gasteiger partial charge >= 0.3 is 0 Å². The van der Waals surface area contributed by atoms with Gasteiger partial charge in [-0.25, -0.2) is 4.98 Å². The maximum Gasteiger partial charge on any atom is 0.299 e. The lowest BCUT2D eigenvalue weighted by molar-refractivity contribution is -0.383.